The fraction of sp³-hybridized carbons (Fsp3) is 0.176. The van der Waals surface area contributed by atoms with E-state index < -0.39 is 0 Å². The zero-order chi connectivity index (χ0) is 15.1. The molecular weight excluding hydrogens is 278 g/mol. The molecule has 1 N–H and O–H groups in total. The van der Waals surface area contributed by atoms with E-state index in [9.17, 15) is 9.59 Å². The van der Waals surface area contributed by atoms with Crippen LogP contribution < -0.4 is 5.56 Å². The maximum atomic E-state index is 12.8. The van der Waals surface area contributed by atoms with Crippen molar-refractivity contribution in [1.29, 1.82) is 0 Å². The van der Waals surface area contributed by atoms with Crippen molar-refractivity contribution in [3.8, 4) is 0 Å². The van der Waals surface area contributed by atoms with Crippen LogP contribution in [0.3, 0.4) is 0 Å². The third-order valence-corrected chi connectivity index (χ3v) is 4.20. The summed E-state index contributed by atoms with van der Waals surface area (Å²) in [5.41, 5.74) is 2.84. The van der Waals surface area contributed by atoms with Crippen LogP contribution >= 0.6 is 0 Å². The Labute approximate surface area is 126 Å². The van der Waals surface area contributed by atoms with Crippen LogP contribution in [-0.4, -0.2) is 27.3 Å². The predicted molar refractivity (Wildman–Crippen MR) is 83.9 cm³/mol. The van der Waals surface area contributed by atoms with E-state index in [1.807, 2.05) is 24.3 Å². The first kappa shape index (κ1) is 12.9. The molecule has 0 saturated carbocycles. The lowest BCUT2D eigenvalue weighted by Gasteiger charge is -2.28. The molecule has 0 fully saturated rings. The Bertz CT molecular complexity index is 923. The van der Waals surface area contributed by atoms with Gasteiger partial charge in [0.2, 0.25) is 0 Å². The van der Waals surface area contributed by atoms with E-state index in [0.29, 0.717) is 24.0 Å². The van der Waals surface area contributed by atoms with Gasteiger partial charge >= 0.3 is 6.03 Å². The van der Waals surface area contributed by atoms with Gasteiger partial charge in [-0.1, -0.05) is 36.4 Å². The SMILES string of the molecule is O=C(N1CCc2ccccc2C1)n1[nH]c(=O)c2ccccc21. The first-order chi connectivity index (χ1) is 10.7. The topological polar surface area (TPSA) is 58.1 Å². The van der Waals surface area contributed by atoms with Crippen LogP contribution in [-0.2, 0) is 13.0 Å². The van der Waals surface area contributed by atoms with Crippen molar-refractivity contribution < 1.29 is 4.79 Å². The molecule has 0 bridgehead atoms. The predicted octanol–water partition coefficient (Wildman–Crippen LogP) is 2.36. The second-order valence-corrected chi connectivity index (χ2v) is 5.52. The van der Waals surface area contributed by atoms with Crippen molar-refractivity contribution in [3.05, 3.63) is 70.0 Å². The summed E-state index contributed by atoms with van der Waals surface area (Å²) in [6.07, 6.45) is 0.839. The molecule has 1 aromatic heterocycles. The first-order valence-electron chi connectivity index (χ1n) is 7.30. The molecule has 5 heteroatoms. The molecule has 2 heterocycles. The minimum absolute atomic E-state index is 0.187. The van der Waals surface area contributed by atoms with E-state index in [2.05, 4.69) is 11.2 Å². The lowest BCUT2D eigenvalue weighted by molar-refractivity contribution is 0.192. The molecule has 22 heavy (non-hydrogen) atoms. The van der Waals surface area contributed by atoms with Crippen molar-refractivity contribution in [2.24, 2.45) is 0 Å². The summed E-state index contributed by atoms with van der Waals surface area (Å²) in [6.45, 7) is 1.23. The maximum absolute atomic E-state index is 12.8. The Morgan fingerprint density at radius 1 is 1.00 bits per heavy atom. The molecule has 2 aromatic carbocycles. The van der Waals surface area contributed by atoms with Gasteiger partial charge < -0.3 is 4.90 Å². The number of benzene rings is 2. The zero-order valence-electron chi connectivity index (χ0n) is 12.0. The minimum Gasteiger partial charge on any atom is -0.318 e. The van der Waals surface area contributed by atoms with Crippen LogP contribution in [0.2, 0.25) is 0 Å². The van der Waals surface area contributed by atoms with Gasteiger partial charge in [0.1, 0.15) is 0 Å². The summed E-state index contributed by atoms with van der Waals surface area (Å²) in [5, 5.41) is 3.18. The Morgan fingerprint density at radius 2 is 1.73 bits per heavy atom. The van der Waals surface area contributed by atoms with Crippen molar-refractivity contribution >= 4 is 16.9 Å². The highest BCUT2D eigenvalue weighted by Crippen LogP contribution is 2.20. The second-order valence-electron chi connectivity index (χ2n) is 5.52. The van der Waals surface area contributed by atoms with E-state index in [0.717, 1.165) is 6.42 Å². The Balaban J connectivity index is 1.72. The third kappa shape index (κ3) is 1.94. The van der Waals surface area contributed by atoms with Gasteiger partial charge in [-0.2, -0.15) is 0 Å². The van der Waals surface area contributed by atoms with Gasteiger partial charge in [-0.15, -0.1) is 0 Å². The summed E-state index contributed by atoms with van der Waals surface area (Å²) in [4.78, 5) is 26.5. The Morgan fingerprint density at radius 3 is 2.59 bits per heavy atom. The highest BCUT2D eigenvalue weighted by atomic mass is 16.2. The molecule has 1 amide bonds. The molecule has 4 rings (SSSR count). The lowest BCUT2D eigenvalue weighted by Crippen LogP contribution is -2.39. The summed E-state index contributed by atoms with van der Waals surface area (Å²) in [7, 11) is 0. The largest absolute Gasteiger partial charge is 0.343 e. The van der Waals surface area contributed by atoms with Crippen LogP contribution in [0.5, 0.6) is 0 Å². The lowest BCUT2D eigenvalue weighted by atomic mass is 10.0. The number of rotatable bonds is 0. The van der Waals surface area contributed by atoms with Crippen molar-refractivity contribution in [2.45, 2.75) is 13.0 Å². The summed E-state index contributed by atoms with van der Waals surface area (Å²) in [5.74, 6) is 0. The van der Waals surface area contributed by atoms with Crippen molar-refractivity contribution in [3.63, 3.8) is 0 Å². The van der Waals surface area contributed by atoms with Crippen LogP contribution in [0.15, 0.2) is 53.3 Å². The number of H-pyrrole nitrogens is 1. The average molecular weight is 293 g/mol. The van der Waals surface area contributed by atoms with E-state index in [4.69, 9.17) is 0 Å². The fourth-order valence-corrected chi connectivity index (χ4v) is 3.03. The van der Waals surface area contributed by atoms with Gasteiger partial charge in [-0.25, -0.2) is 9.48 Å². The van der Waals surface area contributed by atoms with Crippen LogP contribution in [0, 0.1) is 0 Å². The molecule has 5 nitrogen and oxygen atoms in total. The summed E-state index contributed by atoms with van der Waals surface area (Å²) < 4.78 is 1.35. The highest BCUT2D eigenvalue weighted by Gasteiger charge is 2.23. The molecule has 0 saturated heterocycles. The van der Waals surface area contributed by atoms with Gasteiger partial charge in [-0.3, -0.25) is 9.89 Å². The highest BCUT2D eigenvalue weighted by molar-refractivity contribution is 5.89. The van der Waals surface area contributed by atoms with Crippen LogP contribution in [0.25, 0.3) is 10.9 Å². The molecule has 1 aliphatic heterocycles. The van der Waals surface area contributed by atoms with Crippen LogP contribution in [0.1, 0.15) is 11.1 Å². The molecule has 110 valence electrons. The van der Waals surface area contributed by atoms with Gasteiger partial charge in [0.15, 0.2) is 0 Å². The molecule has 0 atom stereocenters. The number of hydrogen-bond donors (Lipinski definition) is 1. The smallest absolute Gasteiger partial charge is 0.318 e. The maximum Gasteiger partial charge on any atom is 0.343 e. The molecule has 0 aliphatic carbocycles. The van der Waals surface area contributed by atoms with E-state index in [1.165, 1.54) is 15.8 Å². The number of carbonyl (C=O) groups excluding carboxylic acids is 1. The average Bonchev–Trinajstić information content (AvgIpc) is 2.91. The fourth-order valence-electron chi connectivity index (χ4n) is 3.03. The third-order valence-electron chi connectivity index (χ3n) is 4.20. The number of carbonyl (C=O) groups is 1. The number of aromatic amines is 1. The molecule has 1 aliphatic rings. The van der Waals surface area contributed by atoms with Gasteiger partial charge in [0, 0.05) is 13.1 Å². The monoisotopic (exact) mass is 293 g/mol. The standard InChI is InChI=1S/C17H15N3O2/c21-16-14-7-3-4-8-15(14)20(18-16)17(22)19-10-9-12-5-1-2-6-13(12)11-19/h1-8H,9-11H2,(H,18,21). The van der Waals surface area contributed by atoms with Gasteiger partial charge in [0.05, 0.1) is 10.9 Å². The minimum atomic E-state index is -0.235. The molecular formula is C17H15N3O2. The van der Waals surface area contributed by atoms with Crippen molar-refractivity contribution in [1.82, 2.24) is 14.7 Å². The molecule has 3 aromatic rings. The summed E-state index contributed by atoms with van der Waals surface area (Å²) in [6, 6.07) is 15.1. The zero-order valence-corrected chi connectivity index (χ0v) is 12.0. The summed E-state index contributed by atoms with van der Waals surface area (Å²) >= 11 is 0. The number of fused-ring (bicyclic) bond motifs is 2. The van der Waals surface area contributed by atoms with Gasteiger partial charge in [0.25, 0.3) is 5.56 Å². The number of aromatic nitrogens is 2. The van der Waals surface area contributed by atoms with E-state index >= 15 is 0 Å². The van der Waals surface area contributed by atoms with Crippen LogP contribution in [0.4, 0.5) is 4.79 Å². The normalized spacial score (nSPS) is 14.1. The Hall–Kier alpha value is -2.82. The van der Waals surface area contributed by atoms with Gasteiger partial charge in [-0.05, 0) is 29.7 Å². The van der Waals surface area contributed by atoms with Crippen molar-refractivity contribution in [2.75, 3.05) is 6.54 Å². The molecule has 0 unspecified atom stereocenters. The molecule has 0 spiro atoms. The number of nitrogens with one attached hydrogen (secondary N) is 1. The number of amides is 1. The van der Waals surface area contributed by atoms with E-state index in [1.54, 1.807) is 23.1 Å². The molecule has 0 radical (unpaired) electrons. The number of para-hydroxylation sites is 1. The van der Waals surface area contributed by atoms with E-state index in [-0.39, 0.29) is 11.6 Å². The first-order valence-corrected chi connectivity index (χ1v) is 7.30. The second kappa shape index (κ2) is 4.87. The quantitative estimate of drug-likeness (QED) is 0.691. The number of hydrogen-bond acceptors (Lipinski definition) is 2. The Kier molecular flexibility index (Phi) is 2.85. The number of nitrogens with zero attached hydrogens (tertiary/aromatic N) is 2.